The first-order valence-electron chi connectivity index (χ1n) is 6.45. The van der Waals surface area contributed by atoms with Crippen molar-refractivity contribution in [2.75, 3.05) is 12.3 Å². The minimum absolute atomic E-state index is 0.373. The number of rotatable bonds is 5. The van der Waals surface area contributed by atoms with E-state index in [1.807, 2.05) is 17.8 Å². The van der Waals surface area contributed by atoms with Crippen molar-refractivity contribution in [2.45, 2.75) is 36.2 Å². The van der Waals surface area contributed by atoms with Crippen molar-refractivity contribution in [3.63, 3.8) is 0 Å². The predicted molar refractivity (Wildman–Crippen MR) is 80.8 cm³/mol. The number of benzene rings is 1. The molecule has 2 nitrogen and oxygen atoms in total. The normalized spacial score (nSPS) is 27.6. The van der Waals surface area contributed by atoms with Crippen molar-refractivity contribution in [1.82, 2.24) is 0 Å². The molecule has 1 aromatic carbocycles. The van der Waals surface area contributed by atoms with Crippen LogP contribution in [0.1, 0.15) is 25.7 Å². The summed E-state index contributed by atoms with van der Waals surface area (Å²) >= 11 is 5.40. The van der Waals surface area contributed by atoms with Crippen molar-refractivity contribution >= 4 is 27.7 Å². The standard InChI is InChI=1S/C14H20BrNOS/c15-12-5-1-2-6-13(12)18-9-7-11-4-3-8-14(11,17)10-16/h1-2,5-6,11,17H,3-4,7-10,16H2. The highest BCUT2D eigenvalue weighted by Gasteiger charge is 2.39. The molecule has 2 unspecified atom stereocenters. The first-order chi connectivity index (χ1) is 8.65. The molecule has 100 valence electrons. The van der Waals surface area contributed by atoms with Gasteiger partial charge in [-0.1, -0.05) is 18.6 Å². The molecule has 0 amide bonds. The molecular weight excluding hydrogens is 310 g/mol. The fourth-order valence-corrected chi connectivity index (χ4v) is 4.31. The van der Waals surface area contributed by atoms with Gasteiger partial charge in [0.05, 0.1) is 5.60 Å². The summed E-state index contributed by atoms with van der Waals surface area (Å²) in [6, 6.07) is 8.27. The fourth-order valence-electron chi connectivity index (χ4n) is 2.68. The van der Waals surface area contributed by atoms with Crippen LogP contribution in [-0.4, -0.2) is 23.0 Å². The van der Waals surface area contributed by atoms with E-state index in [0.717, 1.165) is 35.9 Å². The lowest BCUT2D eigenvalue weighted by atomic mass is 9.89. The third-order valence-electron chi connectivity index (χ3n) is 3.84. The van der Waals surface area contributed by atoms with E-state index in [-0.39, 0.29) is 0 Å². The molecule has 1 aromatic rings. The molecule has 18 heavy (non-hydrogen) atoms. The Morgan fingerprint density at radius 1 is 1.44 bits per heavy atom. The molecule has 4 heteroatoms. The zero-order chi connectivity index (χ0) is 13.0. The Kier molecular flexibility index (Phi) is 5.13. The van der Waals surface area contributed by atoms with Crippen LogP contribution in [0, 0.1) is 5.92 Å². The molecule has 1 aliphatic carbocycles. The average Bonchev–Trinajstić information content (AvgIpc) is 2.74. The summed E-state index contributed by atoms with van der Waals surface area (Å²) in [6.45, 7) is 0.400. The van der Waals surface area contributed by atoms with Crippen molar-refractivity contribution in [3.05, 3.63) is 28.7 Å². The van der Waals surface area contributed by atoms with E-state index >= 15 is 0 Å². The summed E-state index contributed by atoms with van der Waals surface area (Å²) in [5.41, 5.74) is 5.10. The lowest BCUT2D eigenvalue weighted by Crippen LogP contribution is -2.41. The second-order valence-electron chi connectivity index (χ2n) is 4.96. The van der Waals surface area contributed by atoms with Gasteiger partial charge in [0.1, 0.15) is 0 Å². The molecule has 0 spiro atoms. The highest BCUT2D eigenvalue weighted by molar-refractivity contribution is 9.10. The van der Waals surface area contributed by atoms with E-state index in [1.165, 1.54) is 4.90 Å². The van der Waals surface area contributed by atoms with Gasteiger partial charge in [0, 0.05) is 15.9 Å². The number of hydrogen-bond donors (Lipinski definition) is 2. The Balaban J connectivity index is 1.84. The van der Waals surface area contributed by atoms with E-state index < -0.39 is 5.60 Å². The van der Waals surface area contributed by atoms with Crippen LogP contribution in [0.4, 0.5) is 0 Å². The zero-order valence-corrected chi connectivity index (χ0v) is 12.8. The second kappa shape index (κ2) is 6.42. The molecule has 2 rings (SSSR count). The monoisotopic (exact) mass is 329 g/mol. The highest BCUT2D eigenvalue weighted by Crippen LogP contribution is 2.38. The van der Waals surface area contributed by atoms with Gasteiger partial charge < -0.3 is 10.8 Å². The second-order valence-corrected chi connectivity index (χ2v) is 6.96. The Morgan fingerprint density at radius 3 is 2.94 bits per heavy atom. The molecule has 1 aliphatic rings. The molecule has 0 saturated heterocycles. The van der Waals surface area contributed by atoms with Gasteiger partial charge in [-0.3, -0.25) is 0 Å². The summed E-state index contributed by atoms with van der Waals surface area (Å²) in [6.07, 6.45) is 4.13. The number of aliphatic hydroxyl groups is 1. The lowest BCUT2D eigenvalue weighted by molar-refractivity contribution is 0.0104. The Labute approximate surface area is 121 Å². The van der Waals surface area contributed by atoms with Crippen molar-refractivity contribution < 1.29 is 5.11 Å². The van der Waals surface area contributed by atoms with Gasteiger partial charge in [-0.2, -0.15) is 0 Å². The molecule has 1 fully saturated rings. The van der Waals surface area contributed by atoms with Crippen molar-refractivity contribution in [2.24, 2.45) is 11.7 Å². The first-order valence-corrected chi connectivity index (χ1v) is 8.23. The molecule has 2 atom stereocenters. The van der Waals surface area contributed by atoms with Crippen LogP contribution in [0.5, 0.6) is 0 Å². The molecular formula is C14H20BrNOS. The Bertz CT molecular complexity index is 401. The smallest absolute Gasteiger partial charge is 0.0797 e. The molecule has 0 heterocycles. The third-order valence-corrected chi connectivity index (χ3v) is 5.90. The van der Waals surface area contributed by atoms with Crippen LogP contribution in [0.25, 0.3) is 0 Å². The van der Waals surface area contributed by atoms with Gasteiger partial charge in [-0.05, 0) is 59.0 Å². The summed E-state index contributed by atoms with van der Waals surface area (Å²) in [4.78, 5) is 1.27. The topological polar surface area (TPSA) is 46.2 Å². The number of thioether (sulfide) groups is 1. The summed E-state index contributed by atoms with van der Waals surface area (Å²) in [5.74, 6) is 1.41. The van der Waals surface area contributed by atoms with Gasteiger partial charge >= 0.3 is 0 Å². The third kappa shape index (κ3) is 3.29. The SMILES string of the molecule is NCC1(O)CCCC1CCSc1ccccc1Br. The number of halogens is 1. The lowest BCUT2D eigenvalue weighted by Gasteiger charge is -2.28. The van der Waals surface area contributed by atoms with Crippen molar-refractivity contribution in [3.8, 4) is 0 Å². The van der Waals surface area contributed by atoms with E-state index in [4.69, 9.17) is 5.73 Å². The van der Waals surface area contributed by atoms with Gasteiger partial charge in [0.2, 0.25) is 0 Å². The van der Waals surface area contributed by atoms with Crippen LogP contribution in [0.15, 0.2) is 33.6 Å². The van der Waals surface area contributed by atoms with Gasteiger partial charge in [0.25, 0.3) is 0 Å². The highest BCUT2D eigenvalue weighted by atomic mass is 79.9. The van der Waals surface area contributed by atoms with Gasteiger partial charge in [-0.25, -0.2) is 0 Å². The fraction of sp³-hybridized carbons (Fsp3) is 0.571. The Hall–Kier alpha value is -0.0300. The molecule has 0 bridgehead atoms. The van der Waals surface area contributed by atoms with Crippen LogP contribution >= 0.6 is 27.7 Å². The van der Waals surface area contributed by atoms with E-state index in [2.05, 4.69) is 34.1 Å². The maximum atomic E-state index is 10.4. The van der Waals surface area contributed by atoms with Crippen molar-refractivity contribution in [1.29, 1.82) is 0 Å². The van der Waals surface area contributed by atoms with E-state index in [0.29, 0.717) is 12.5 Å². The molecule has 0 aromatic heterocycles. The summed E-state index contributed by atoms with van der Waals surface area (Å²) < 4.78 is 1.15. The van der Waals surface area contributed by atoms with E-state index in [9.17, 15) is 5.11 Å². The molecule has 3 N–H and O–H groups in total. The molecule has 1 saturated carbocycles. The number of nitrogens with two attached hydrogens (primary N) is 1. The largest absolute Gasteiger partial charge is 0.388 e. The maximum absolute atomic E-state index is 10.4. The zero-order valence-electron chi connectivity index (χ0n) is 10.4. The van der Waals surface area contributed by atoms with Crippen LogP contribution in [0.2, 0.25) is 0 Å². The predicted octanol–water partition coefficient (Wildman–Crippen LogP) is 3.42. The van der Waals surface area contributed by atoms with Crippen LogP contribution < -0.4 is 5.73 Å². The van der Waals surface area contributed by atoms with Gasteiger partial charge in [0.15, 0.2) is 0 Å². The van der Waals surface area contributed by atoms with Crippen LogP contribution in [0.3, 0.4) is 0 Å². The summed E-state index contributed by atoms with van der Waals surface area (Å²) in [5, 5.41) is 10.4. The average molecular weight is 330 g/mol. The first kappa shape index (κ1) is 14.4. The maximum Gasteiger partial charge on any atom is 0.0797 e. The Morgan fingerprint density at radius 2 is 2.22 bits per heavy atom. The number of hydrogen-bond acceptors (Lipinski definition) is 3. The molecule has 0 aliphatic heterocycles. The minimum atomic E-state index is -0.603. The van der Waals surface area contributed by atoms with Gasteiger partial charge in [-0.15, -0.1) is 11.8 Å². The van der Waals surface area contributed by atoms with Crippen LogP contribution in [-0.2, 0) is 0 Å². The minimum Gasteiger partial charge on any atom is -0.388 e. The van der Waals surface area contributed by atoms with E-state index in [1.54, 1.807) is 0 Å². The summed E-state index contributed by atoms with van der Waals surface area (Å²) in [7, 11) is 0. The quantitative estimate of drug-likeness (QED) is 0.813. The molecule has 0 radical (unpaired) electrons.